The molecule has 0 aliphatic heterocycles. The fraction of sp³-hybridized carbons (Fsp3) is 0.160. The van der Waals surface area contributed by atoms with Gasteiger partial charge in [0.05, 0.1) is 18.0 Å². The van der Waals surface area contributed by atoms with Crippen LogP contribution in [0, 0.1) is 5.82 Å². The Balaban J connectivity index is 1.56. The van der Waals surface area contributed by atoms with Crippen LogP contribution in [0.25, 0.3) is 5.69 Å². The zero-order valence-electron chi connectivity index (χ0n) is 18.1. The summed E-state index contributed by atoms with van der Waals surface area (Å²) in [4.78, 5) is 12.4. The summed E-state index contributed by atoms with van der Waals surface area (Å²) < 4.78 is 21.3. The van der Waals surface area contributed by atoms with Crippen molar-refractivity contribution in [3.8, 4) is 11.4 Å². The molecule has 0 aliphatic rings. The van der Waals surface area contributed by atoms with Gasteiger partial charge < -0.3 is 10.1 Å². The number of carbonyl (C=O) groups is 1. The van der Waals surface area contributed by atoms with Crippen molar-refractivity contribution in [2.75, 3.05) is 17.7 Å². The smallest absolute Gasteiger partial charge is 0.234 e. The Labute approximate surface area is 195 Å². The zero-order valence-corrected chi connectivity index (χ0v) is 18.9. The largest absolute Gasteiger partial charge is 0.494 e. The van der Waals surface area contributed by atoms with Gasteiger partial charge in [0.2, 0.25) is 5.91 Å². The van der Waals surface area contributed by atoms with E-state index in [-0.39, 0.29) is 17.3 Å². The van der Waals surface area contributed by atoms with Crippen LogP contribution in [0.2, 0.25) is 0 Å². The highest BCUT2D eigenvalue weighted by atomic mass is 32.2. The van der Waals surface area contributed by atoms with Crippen molar-refractivity contribution in [2.45, 2.75) is 18.5 Å². The molecule has 1 N–H and O–H groups in total. The van der Waals surface area contributed by atoms with Gasteiger partial charge in [0, 0.05) is 12.1 Å². The number of ether oxygens (including phenoxy) is 1. The SMILES string of the molecule is CCOc1ccc(-n2c(Cc3ccccc3)nnc2SCC(=O)Nc2ccccc2F)cc1. The van der Waals surface area contributed by atoms with Crippen molar-refractivity contribution in [1.82, 2.24) is 14.8 Å². The van der Waals surface area contributed by atoms with Crippen LogP contribution >= 0.6 is 11.8 Å². The lowest BCUT2D eigenvalue weighted by Crippen LogP contribution is -2.15. The van der Waals surface area contributed by atoms with Crippen LogP contribution in [0.3, 0.4) is 0 Å². The molecule has 1 amide bonds. The minimum absolute atomic E-state index is 0.0643. The fourth-order valence-electron chi connectivity index (χ4n) is 3.28. The van der Waals surface area contributed by atoms with Gasteiger partial charge in [-0.1, -0.05) is 54.2 Å². The number of amides is 1. The Morgan fingerprint density at radius 2 is 1.73 bits per heavy atom. The number of nitrogens with zero attached hydrogens (tertiary/aromatic N) is 3. The van der Waals surface area contributed by atoms with Gasteiger partial charge in [-0.2, -0.15) is 0 Å². The number of rotatable bonds is 9. The highest BCUT2D eigenvalue weighted by Gasteiger charge is 2.17. The molecule has 6 nitrogen and oxygen atoms in total. The van der Waals surface area contributed by atoms with E-state index in [1.165, 1.54) is 23.9 Å². The highest BCUT2D eigenvalue weighted by Crippen LogP contribution is 2.25. The lowest BCUT2D eigenvalue weighted by atomic mass is 10.1. The summed E-state index contributed by atoms with van der Waals surface area (Å²) in [6.45, 7) is 2.52. The van der Waals surface area contributed by atoms with Crippen molar-refractivity contribution < 1.29 is 13.9 Å². The molecular formula is C25H23FN4O2S. The third-order valence-corrected chi connectivity index (χ3v) is 5.72. The molecule has 0 saturated heterocycles. The quantitative estimate of drug-likeness (QED) is 0.350. The predicted octanol–water partition coefficient (Wildman–Crippen LogP) is 5.13. The number of anilines is 1. The standard InChI is InChI=1S/C25H23FN4O2S/c1-2-32-20-14-12-19(13-15-20)30-23(16-18-8-4-3-5-9-18)28-29-25(30)33-17-24(31)27-22-11-7-6-10-21(22)26/h3-15H,2,16-17H2,1H3,(H,27,31). The molecule has 1 aromatic heterocycles. The third kappa shape index (κ3) is 5.78. The first-order valence-corrected chi connectivity index (χ1v) is 11.5. The van der Waals surface area contributed by atoms with Crippen LogP contribution in [-0.4, -0.2) is 33.0 Å². The summed E-state index contributed by atoms with van der Waals surface area (Å²) in [7, 11) is 0. The number of halogens is 1. The monoisotopic (exact) mass is 462 g/mol. The molecule has 3 aromatic carbocycles. The van der Waals surface area contributed by atoms with Gasteiger partial charge in [-0.25, -0.2) is 4.39 Å². The summed E-state index contributed by atoms with van der Waals surface area (Å²) in [6, 6.07) is 23.7. The maximum absolute atomic E-state index is 13.8. The number of nitrogens with one attached hydrogen (secondary N) is 1. The van der Waals surface area contributed by atoms with E-state index in [1.807, 2.05) is 66.1 Å². The number of hydrogen-bond acceptors (Lipinski definition) is 5. The van der Waals surface area contributed by atoms with Gasteiger partial charge in [0.15, 0.2) is 5.16 Å². The number of hydrogen-bond donors (Lipinski definition) is 1. The molecule has 8 heteroatoms. The average Bonchev–Trinajstić information content (AvgIpc) is 3.23. The topological polar surface area (TPSA) is 69.0 Å². The Bertz CT molecular complexity index is 1210. The molecule has 0 spiro atoms. The lowest BCUT2D eigenvalue weighted by molar-refractivity contribution is -0.113. The first-order valence-electron chi connectivity index (χ1n) is 10.5. The van der Waals surface area contributed by atoms with Gasteiger partial charge in [-0.3, -0.25) is 9.36 Å². The molecule has 0 bridgehead atoms. The van der Waals surface area contributed by atoms with Crippen molar-refractivity contribution >= 4 is 23.4 Å². The second-order valence-corrected chi connectivity index (χ2v) is 8.08. The van der Waals surface area contributed by atoms with Gasteiger partial charge in [-0.05, 0) is 48.9 Å². The van der Waals surface area contributed by atoms with Crippen LogP contribution < -0.4 is 10.1 Å². The van der Waals surface area contributed by atoms with E-state index in [2.05, 4.69) is 15.5 Å². The van der Waals surface area contributed by atoms with E-state index >= 15 is 0 Å². The van der Waals surface area contributed by atoms with Crippen LogP contribution in [0.5, 0.6) is 5.75 Å². The summed E-state index contributed by atoms with van der Waals surface area (Å²) >= 11 is 1.24. The molecule has 4 aromatic rings. The lowest BCUT2D eigenvalue weighted by Gasteiger charge is -2.12. The number of para-hydroxylation sites is 1. The maximum atomic E-state index is 13.8. The van der Waals surface area contributed by atoms with Gasteiger partial charge in [0.1, 0.15) is 17.4 Å². The van der Waals surface area contributed by atoms with Crippen molar-refractivity contribution in [2.24, 2.45) is 0 Å². The van der Waals surface area contributed by atoms with Crippen molar-refractivity contribution in [3.05, 3.63) is 96.1 Å². The summed E-state index contributed by atoms with van der Waals surface area (Å²) in [5.74, 6) is 0.795. The van der Waals surface area contributed by atoms with Crippen molar-refractivity contribution in [3.63, 3.8) is 0 Å². The Kier molecular flexibility index (Phi) is 7.36. The van der Waals surface area contributed by atoms with Crippen LogP contribution in [0.15, 0.2) is 84.0 Å². The normalized spacial score (nSPS) is 10.7. The molecule has 168 valence electrons. The fourth-order valence-corrected chi connectivity index (χ4v) is 4.05. The summed E-state index contributed by atoms with van der Waals surface area (Å²) in [5, 5.41) is 11.9. The summed E-state index contributed by atoms with van der Waals surface area (Å²) in [6.07, 6.45) is 0.586. The zero-order chi connectivity index (χ0) is 23.0. The molecule has 33 heavy (non-hydrogen) atoms. The van der Waals surface area contributed by atoms with E-state index in [1.54, 1.807) is 12.1 Å². The third-order valence-electron chi connectivity index (χ3n) is 4.79. The number of benzene rings is 3. The molecule has 1 heterocycles. The van der Waals surface area contributed by atoms with Crippen LogP contribution in [0.1, 0.15) is 18.3 Å². The van der Waals surface area contributed by atoms with E-state index in [0.29, 0.717) is 18.2 Å². The minimum atomic E-state index is -0.474. The average molecular weight is 463 g/mol. The van der Waals surface area contributed by atoms with E-state index < -0.39 is 5.82 Å². The number of thioether (sulfide) groups is 1. The van der Waals surface area contributed by atoms with Crippen LogP contribution in [-0.2, 0) is 11.2 Å². The predicted molar refractivity (Wildman–Crippen MR) is 128 cm³/mol. The first kappa shape index (κ1) is 22.5. The molecular weight excluding hydrogens is 439 g/mol. The Hall–Kier alpha value is -3.65. The molecule has 0 aliphatic carbocycles. The molecule has 0 saturated carbocycles. The number of aromatic nitrogens is 3. The Morgan fingerprint density at radius 3 is 2.45 bits per heavy atom. The second kappa shape index (κ2) is 10.8. The summed E-state index contributed by atoms with van der Waals surface area (Å²) in [5.41, 5.74) is 2.12. The minimum Gasteiger partial charge on any atom is -0.494 e. The molecule has 0 atom stereocenters. The van der Waals surface area contributed by atoms with E-state index in [0.717, 1.165) is 22.8 Å². The molecule has 0 fully saturated rings. The molecule has 0 radical (unpaired) electrons. The second-order valence-electron chi connectivity index (χ2n) is 7.14. The molecule has 0 unspecified atom stereocenters. The highest BCUT2D eigenvalue weighted by molar-refractivity contribution is 7.99. The van der Waals surface area contributed by atoms with Gasteiger partial charge >= 0.3 is 0 Å². The Morgan fingerprint density at radius 1 is 1.00 bits per heavy atom. The van der Waals surface area contributed by atoms with Gasteiger partial charge in [0.25, 0.3) is 0 Å². The first-order chi connectivity index (χ1) is 16.1. The van der Waals surface area contributed by atoms with Gasteiger partial charge in [-0.15, -0.1) is 10.2 Å². The maximum Gasteiger partial charge on any atom is 0.234 e. The van der Waals surface area contributed by atoms with Crippen molar-refractivity contribution in [1.29, 1.82) is 0 Å². The number of carbonyl (C=O) groups excluding carboxylic acids is 1. The van der Waals surface area contributed by atoms with Crippen LogP contribution in [0.4, 0.5) is 10.1 Å². The molecule has 4 rings (SSSR count). The van der Waals surface area contributed by atoms with E-state index in [4.69, 9.17) is 4.74 Å². The van der Waals surface area contributed by atoms with E-state index in [9.17, 15) is 9.18 Å².